The highest BCUT2D eigenvalue weighted by Gasteiger charge is 2.22. The number of hydrogen-bond acceptors (Lipinski definition) is 7. The molecule has 5 N–H and O–H groups in total. The van der Waals surface area contributed by atoms with Gasteiger partial charge in [-0.2, -0.15) is 28.8 Å². The molecule has 0 fully saturated rings. The van der Waals surface area contributed by atoms with E-state index in [0.29, 0.717) is 5.71 Å². The van der Waals surface area contributed by atoms with Crippen LogP contribution in [0, 0.1) is 10.4 Å². The lowest BCUT2D eigenvalue weighted by molar-refractivity contribution is -1.01. The van der Waals surface area contributed by atoms with E-state index in [9.17, 15) is 24.0 Å². The lowest BCUT2D eigenvalue weighted by Gasteiger charge is -2.19. The highest BCUT2D eigenvalue weighted by atomic mass is 32.2. The van der Waals surface area contributed by atoms with Crippen LogP contribution in [0.2, 0.25) is 0 Å². The van der Waals surface area contributed by atoms with Crippen molar-refractivity contribution in [3.63, 3.8) is 0 Å². The molecule has 2 atom stereocenters. The molecule has 0 heterocycles. The van der Waals surface area contributed by atoms with Crippen LogP contribution in [0.1, 0.15) is 19.4 Å². The van der Waals surface area contributed by atoms with E-state index in [-0.39, 0.29) is 0 Å². The van der Waals surface area contributed by atoms with Crippen LogP contribution < -0.4 is 15.3 Å². The predicted octanol–water partition coefficient (Wildman–Crippen LogP) is 1.92. The number of hydrogen-bond donors (Lipinski definition) is 5. The summed E-state index contributed by atoms with van der Waals surface area (Å²) in [6.07, 6.45) is 1.70. The summed E-state index contributed by atoms with van der Waals surface area (Å²) in [6, 6.07) is 20.6. The first kappa shape index (κ1) is 25.2. The molecule has 0 spiro atoms. The summed E-state index contributed by atoms with van der Waals surface area (Å²) in [5.41, 5.74) is 3.20. The van der Waals surface area contributed by atoms with Gasteiger partial charge in [0, 0.05) is 12.1 Å². The highest BCUT2D eigenvalue weighted by Crippen LogP contribution is 2.22. The van der Waals surface area contributed by atoms with Gasteiger partial charge in [0.1, 0.15) is 0 Å². The topological polar surface area (TPSA) is 154 Å². The van der Waals surface area contributed by atoms with Gasteiger partial charge in [-0.25, -0.2) is 10.4 Å². The molecule has 0 aliphatic heterocycles. The van der Waals surface area contributed by atoms with Crippen LogP contribution >= 0.6 is 0 Å². The summed E-state index contributed by atoms with van der Waals surface area (Å²) in [4.78, 5) is 1.64. The summed E-state index contributed by atoms with van der Waals surface area (Å²) in [6.45, 7) is 3.48. The Labute approximate surface area is 196 Å². The van der Waals surface area contributed by atoms with E-state index in [2.05, 4.69) is 9.93 Å². The van der Waals surface area contributed by atoms with Gasteiger partial charge in [-0.1, -0.05) is 54.6 Å². The van der Waals surface area contributed by atoms with Gasteiger partial charge < -0.3 is 10.4 Å². The Morgan fingerprint density at radius 3 is 2.06 bits per heavy atom. The van der Waals surface area contributed by atoms with Crippen molar-refractivity contribution >= 4 is 32.7 Å². The smallest absolute Gasteiger partial charge is 0.276 e. The Morgan fingerprint density at radius 1 is 0.882 bits per heavy atom. The molecule has 0 aliphatic rings. The zero-order valence-electron chi connectivity index (χ0n) is 18.4. The van der Waals surface area contributed by atoms with Crippen molar-refractivity contribution in [2.75, 3.05) is 0 Å². The summed E-state index contributed by atoms with van der Waals surface area (Å²) < 4.78 is 25.1. The van der Waals surface area contributed by atoms with E-state index in [4.69, 9.17) is 5.21 Å². The fourth-order valence-electron chi connectivity index (χ4n) is 3.22. The lowest BCUT2D eigenvalue weighted by atomic mass is 10.0. The summed E-state index contributed by atoms with van der Waals surface area (Å²) in [5, 5.41) is 41.6. The molecule has 2 unspecified atom stereocenters. The maximum atomic E-state index is 12.5. The molecule has 178 valence electrons. The SMILES string of the molecule is CC(=CC(C)=NNS(=O)(=O)c1ccc([NH+]([O-])O)c([NH+]([O-])O)c1)c1ccc(-c2ccccc2)cc1. The Bertz CT molecular complexity index is 1310. The number of nitrogens with one attached hydrogen (secondary N) is 3. The van der Waals surface area contributed by atoms with Crippen LogP contribution in [0.4, 0.5) is 11.4 Å². The van der Waals surface area contributed by atoms with Gasteiger partial charge in [-0.3, -0.25) is 0 Å². The zero-order chi connectivity index (χ0) is 24.9. The summed E-state index contributed by atoms with van der Waals surface area (Å²) in [7, 11) is -4.21. The van der Waals surface area contributed by atoms with Gasteiger partial charge in [-0.05, 0) is 48.3 Å². The largest absolute Gasteiger partial charge is 0.595 e. The maximum absolute atomic E-state index is 12.5. The molecule has 0 saturated carbocycles. The van der Waals surface area contributed by atoms with Crippen molar-refractivity contribution in [3.05, 3.63) is 94.9 Å². The van der Waals surface area contributed by atoms with Gasteiger partial charge in [0.15, 0.2) is 0 Å². The molecule has 10 nitrogen and oxygen atoms in total. The van der Waals surface area contributed by atoms with Crippen molar-refractivity contribution in [3.8, 4) is 11.1 Å². The minimum Gasteiger partial charge on any atom is -0.595 e. The minimum absolute atomic E-state index is 0.369. The number of allylic oxidation sites excluding steroid dienone is 2. The van der Waals surface area contributed by atoms with Gasteiger partial charge in [0.05, 0.1) is 10.6 Å². The Balaban J connectivity index is 1.77. The second kappa shape index (κ2) is 10.7. The molecule has 11 heteroatoms. The highest BCUT2D eigenvalue weighted by molar-refractivity contribution is 7.89. The first-order valence-electron chi connectivity index (χ1n) is 10.1. The van der Waals surface area contributed by atoms with Crippen molar-refractivity contribution in [1.82, 2.24) is 4.83 Å². The number of rotatable bonds is 8. The van der Waals surface area contributed by atoms with Crippen LogP contribution in [0.3, 0.4) is 0 Å². The van der Waals surface area contributed by atoms with E-state index >= 15 is 0 Å². The van der Waals surface area contributed by atoms with Gasteiger partial charge in [-0.15, -0.1) is 0 Å². The Morgan fingerprint density at radius 2 is 1.47 bits per heavy atom. The zero-order valence-corrected chi connectivity index (χ0v) is 19.2. The van der Waals surface area contributed by atoms with E-state index in [0.717, 1.165) is 40.5 Å². The van der Waals surface area contributed by atoms with E-state index in [1.165, 1.54) is 0 Å². The fraction of sp³-hybridized carbons (Fsp3) is 0.0870. The molecule has 3 aromatic carbocycles. The molecule has 34 heavy (non-hydrogen) atoms. The third-order valence-corrected chi connectivity index (χ3v) is 6.18. The standard InChI is InChI=1S/C23H24N4O6S/c1-16(18-8-10-20(11-9-18)19-6-4-3-5-7-19)14-17(2)24-25-34(32,33)21-12-13-22(26(28)29)23(15-21)27(30)31/h3-15,25-28,30H,1-2H3. The number of quaternary nitrogens is 2. The molecule has 0 amide bonds. The molecule has 3 rings (SSSR count). The Hall–Kier alpha value is -3.42. The molecular weight excluding hydrogens is 460 g/mol. The summed E-state index contributed by atoms with van der Waals surface area (Å²) >= 11 is 0. The molecule has 0 bridgehead atoms. The third-order valence-electron chi connectivity index (χ3n) is 4.98. The molecule has 0 aliphatic carbocycles. The number of benzene rings is 3. The lowest BCUT2D eigenvalue weighted by Crippen LogP contribution is -3.04. The van der Waals surface area contributed by atoms with Crippen LogP contribution in [0.5, 0.6) is 0 Å². The molecule has 0 radical (unpaired) electrons. The van der Waals surface area contributed by atoms with Crippen LogP contribution in [0.25, 0.3) is 16.7 Å². The first-order chi connectivity index (χ1) is 16.1. The van der Waals surface area contributed by atoms with Crippen LogP contribution in [0.15, 0.2) is 88.9 Å². The number of sulfonamides is 1. The maximum Gasteiger partial charge on any atom is 0.276 e. The van der Waals surface area contributed by atoms with Crippen LogP contribution in [-0.2, 0) is 10.0 Å². The normalized spacial score (nSPS) is 14.5. The molecule has 0 saturated heterocycles. The van der Waals surface area contributed by atoms with E-state index < -0.39 is 36.7 Å². The quantitative estimate of drug-likeness (QED) is 0.243. The second-order valence-electron chi connectivity index (χ2n) is 7.44. The van der Waals surface area contributed by atoms with Gasteiger partial charge in [0.25, 0.3) is 10.0 Å². The van der Waals surface area contributed by atoms with Crippen molar-refractivity contribution in [2.45, 2.75) is 18.7 Å². The van der Waals surface area contributed by atoms with Gasteiger partial charge in [0.2, 0.25) is 11.4 Å². The second-order valence-corrected chi connectivity index (χ2v) is 9.10. The van der Waals surface area contributed by atoms with Crippen molar-refractivity contribution in [1.29, 1.82) is 0 Å². The summed E-state index contributed by atoms with van der Waals surface area (Å²) in [5.74, 6) is 0. The molecule has 0 aromatic heterocycles. The molecular formula is C23H24N4O6S. The molecule has 3 aromatic rings. The van der Waals surface area contributed by atoms with Crippen molar-refractivity contribution in [2.24, 2.45) is 5.10 Å². The average molecular weight is 485 g/mol. The van der Waals surface area contributed by atoms with Crippen LogP contribution in [-0.4, -0.2) is 24.5 Å². The van der Waals surface area contributed by atoms with E-state index in [1.54, 1.807) is 13.0 Å². The fourth-order valence-corrected chi connectivity index (χ4v) is 4.11. The first-order valence-corrected chi connectivity index (χ1v) is 11.6. The number of nitrogens with zero attached hydrogens (tertiary/aromatic N) is 1. The number of hydrazone groups is 1. The average Bonchev–Trinajstić information content (AvgIpc) is 2.83. The van der Waals surface area contributed by atoms with Gasteiger partial charge >= 0.3 is 0 Å². The van der Waals surface area contributed by atoms with E-state index in [1.807, 2.05) is 61.5 Å². The third kappa shape index (κ3) is 6.12. The van der Waals surface area contributed by atoms with Crippen molar-refractivity contribution < 1.29 is 29.3 Å². The minimum atomic E-state index is -4.21. The predicted molar refractivity (Wildman–Crippen MR) is 127 cm³/mol. The monoisotopic (exact) mass is 484 g/mol. The Kier molecular flexibility index (Phi) is 7.91.